The fourth-order valence-electron chi connectivity index (χ4n) is 1.77. The van der Waals surface area contributed by atoms with Crippen LogP contribution in [0.2, 0.25) is 0 Å². The molecule has 5 nitrogen and oxygen atoms in total. The Bertz CT molecular complexity index is 732. The summed E-state index contributed by atoms with van der Waals surface area (Å²) in [5, 5.41) is 0. The second-order valence-corrected chi connectivity index (χ2v) is 6.69. The van der Waals surface area contributed by atoms with Crippen LogP contribution >= 0.6 is 15.9 Å². The molecule has 0 aliphatic rings. The summed E-state index contributed by atoms with van der Waals surface area (Å²) in [6.45, 7) is 1.90. The van der Waals surface area contributed by atoms with E-state index in [0.29, 0.717) is 22.3 Å². The van der Waals surface area contributed by atoms with Crippen molar-refractivity contribution in [2.45, 2.75) is 18.2 Å². The Labute approximate surface area is 126 Å². The normalized spacial score (nSPS) is 11.3. The van der Waals surface area contributed by atoms with Crippen molar-refractivity contribution in [1.82, 2.24) is 4.98 Å². The second-order valence-electron chi connectivity index (χ2n) is 4.18. The van der Waals surface area contributed by atoms with E-state index in [0.717, 1.165) is 5.56 Å². The van der Waals surface area contributed by atoms with Crippen LogP contribution in [-0.4, -0.2) is 13.4 Å². The fourth-order valence-corrected chi connectivity index (χ4v) is 3.68. The third-order valence-corrected chi connectivity index (χ3v) is 4.86. The van der Waals surface area contributed by atoms with Gasteiger partial charge in [0.2, 0.25) is 0 Å². The van der Waals surface area contributed by atoms with Crippen molar-refractivity contribution in [3.05, 3.63) is 46.7 Å². The second kappa shape index (κ2) is 5.80. The number of aryl methyl sites for hydroxylation is 1. The van der Waals surface area contributed by atoms with Crippen molar-refractivity contribution in [1.29, 1.82) is 0 Å². The summed E-state index contributed by atoms with van der Waals surface area (Å²) in [6, 6.07) is 6.47. The summed E-state index contributed by atoms with van der Waals surface area (Å²) in [5.74, 6) is 0. The number of pyridine rings is 1. The van der Waals surface area contributed by atoms with Crippen molar-refractivity contribution < 1.29 is 8.42 Å². The van der Waals surface area contributed by atoms with Gasteiger partial charge in [-0.05, 0) is 46.1 Å². The van der Waals surface area contributed by atoms with Crippen molar-refractivity contribution in [2.75, 3.05) is 10.5 Å². The lowest BCUT2D eigenvalue weighted by molar-refractivity contribution is 0.600. The number of nitrogen functional groups attached to an aromatic ring is 1. The topological polar surface area (TPSA) is 85.1 Å². The lowest BCUT2D eigenvalue weighted by Gasteiger charge is -2.13. The average Bonchev–Trinajstić information content (AvgIpc) is 2.41. The number of anilines is 2. The molecule has 0 bridgehead atoms. The molecule has 1 aromatic heterocycles. The fraction of sp³-hybridized carbons (Fsp3) is 0.154. The Balaban J connectivity index is 2.46. The minimum atomic E-state index is -3.69. The molecular formula is C13H14BrN3O2S. The number of nitrogens with two attached hydrogens (primary N) is 1. The molecular weight excluding hydrogens is 342 g/mol. The first-order valence-electron chi connectivity index (χ1n) is 5.95. The van der Waals surface area contributed by atoms with E-state index in [9.17, 15) is 8.42 Å². The first kappa shape index (κ1) is 14.8. The SMILES string of the molecule is CCc1ccc(N)cc1S(=O)(=O)Nc1ccncc1Br. The first-order chi connectivity index (χ1) is 9.44. The van der Waals surface area contributed by atoms with Gasteiger partial charge in [-0.2, -0.15) is 0 Å². The molecule has 2 rings (SSSR count). The molecule has 0 fully saturated rings. The lowest BCUT2D eigenvalue weighted by Crippen LogP contribution is -2.15. The Morgan fingerprint density at radius 3 is 2.75 bits per heavy atom. The highest BCUT2D eigenvalue weighted by Crippen LogP contribution is 2.26. The standard InChI is InChI=1S/C13H14BrN3O2S/c1-2-9-3-4-10(15)7-13(9)20(18,19)17-12-5-6-16-8-11(12)14/h3-8H,2,15H2,1H3,(H,16,17). The number of benzene rings is 1. The minimum Gasteiger partial charge on any atom is -0.399 e. The highest BCUT2D eigenvalue weighted by Gasteiger charge is 2.19. The zero-order valence-electron chi connectivity index (χ0n) is 10.8. The van der Waals surface area contributed by atoms with E-state index >= 15 is 0 Å². The highest BCUT2D eigenvalue weighted by molar-refractivity contribution is 9.10. The van der Waals surface area contributed by atoms with E-state index in [2.05, 4.69) is 25.6 Å². The summed E-state index contributed by atoms with van der Waals surface area (Å²) in [5.41, 5.74) is 7.26. The van der Waals surface area contributed by atoms with Crippen molar-refractivity contribution in [3.8, 4) is 0 Å². The van der Waals surface area contributed by atoms with Crippen molar-refractivity contribution >= 4 is 37.3 Å². The number of sulfonamides is 1. The van der Waals surface area contributed by atoms with Crippen LogP contribution in [0.1, 0.15) is 12.5 Å². The van der Waals surface area contributed by atoms with Crippen LogP contribution in [0.3, 0.4) is 0 Å². The number of rotatable bonds is 4. The molecule has 0 saturated heterocycles. The number of aromatic nitrogens is 1. The Hall–Kier alpha value is -1.60. The molecule has 0 radical (unpaired) electrons. The monoisotopic (exact) mass is 355 g/mol. The molecule has 1 heterocycles. The average molecular weight is 356 g/mol. The number of halogens is 1. The lowest BCUT2D eigenvalue weighted by atomic mass is 10.1. The maximum absolute atomic E-state index is 12.5. The van der Waals surface area contributed by atoms with E-state index in [4.69, 9.17) is 5.73 Å². The molecule has 20 heavy (non-hydrogen) atoms. The molecule has 0 saturated carbocycles. The van der Waals surface area contributed by atoms with Gasteiger partial charge in [0.05, 0.1) is 15.1 Å². The van der Waals surface area contributed by atoms with Crippen molar-refractivity contribution in [3.63, 3.8) is 0 Å². The van der Waals surface area contributed by atoms with Gasteiger partial charge >= 0.3 is 0 Å². The number of hydrogen-bond donors (Lipinski definition) is 2. The molecule has 0 aliphatic heterocycles. The van der Waals surface area contributed by atoms with Gasteiger partial charge in [-0.15, -0.1) is 0 Å². The minimum absolute atomic E-state index is 0.198. The molecule has 2 aromatic rings. The van der Waals surface area contributed by atoms with Crippen LogP contribution in [0.5, 0.6) is 0 Å². The van der Waals surface area contributed by atoms with Gasteiger partial charge in [0, 0.05) is 18.1 Å². The largest absolute Gasteiger partial charge is 0.399 e. The van der Waals surface area contributed by atoms with Crippen LogP contribution in [0.15, 0.2) is 46.0 Å². The Kier molecular flexibility index (Phi) is 4.29. The van der Waals surface area contributed by atoms with Gasteiger partial charge < -0.3 is 5.73 Å². The van der Waals surface area contributed by atoms with Gasteiger partial charge in [0.15, 0.2) is 0 Å². The van der Waals surface area contributed by atoms with E-state index in [-0.39, 0.29) is 4.90 Å². The van der Waals surface area contributed by atoms with Gasteiger partial charge in [-0.3, -0.25) is 9.71 Å². The predicted octanol–water partition coefficient (Wildman–Crippen LogP) is 2.79. The maximum atomic E-state index is 12.5. The van der Waals surface area contributed by atoms with Gasteiger partial charge in [-0.25, -0.2) is 8.42 Å². The summed E-state index contributed by atoms with van der Waals surface area (Å²) >= 11 is 3.26. The van der Waals surface area contributed by atoms with Gasteiger partial charge in [0.25, 0.3) is 10.0 Å². The van der Waals surface area contributed by atoms with Crippen LogP contribution in [0.4, 0.5) is 11.4 Å². The highest BCUT2D eigenvalue weighted by atomic mass is 79.9. The molecule has 0 spiro atoms. The van der Waals surface area contributed by atoms with E-state index < -0.39 is 10.0 Å². The molecule has 1 aromatic carbocycles. The molecule has 0 aliphatic carbocycles. The van der Waals surface area contributed by atoms with Crippen LogP contribution < -0.4 is 10.5 Å². The predicted molar refractivity (Wildman–Crippen MR) is 83.0 cm³/mol. The summed E-state index contributed by atoms with van der Waals surface area (Å²) in [7, 11) is -3.69. The molecule has 106 valence electrons. The zero-order chi connectivity index (χ0) is 14.8. The zero-order valence-corrected chi connectivity index (χ0v) is 13.2. The maximum Gasteiger partial charge on any atom is 0.262 e. The molecule has 7 heteroatoms. The third-order valence-electron chi connectivity index (χ3n) is 2.78. The summed E-state index contributed by atoms with van der Waals surface area (Å²) in [4.78, 5) is 4.09. The van der Waals surface area contributed by atoms with Gasteiger partial charge in [-0.1, -0.05) is 13.0 Å². The van der Waals surface area contributed by atoms with Crippen LogP contribution in [-0.2, 0) is 16.4 Å². The van der Waals surface area contributed by atoms with E-state index in [1.54, 1.807) is 18.2 Å². The third kappa shape index (κ3) is 3.10. The smallest absolute Gasteiger partial charge is 0.262 e. The van der Waals surface area contributed by atoms with E-state index in [1.807, 2.05) is 6.92 Å². The van der Waals surface area contributed by atoms with Crippen LogP contribution in [0, 0.1) is 0 Å². The number of nitrogens with zero attached hydrogens (tertiary/aromatic N) is 1. The van der Waals surface area contributed by atoms with Crippen molar-refractivity contribution in [2.24, 2.45) is 0 Å². The first-order valence-corrected chi connectivity index (χ1v) is 8.22. The Morgan fingerprint density at radius 1 is 1.35 bits per heavy atom. The van der Waals surface area contributed by atoms with Gasteiger partial charge in [0.1, 0.15) is 0 Å². The molecule has 3 N–H and O–H groups in total. The summed E-state index contributed by atoms with van der Waals surface area (Å²) in [6.07, 6.45) is 3.65. The number of hydrogen-bond acceptors (Lipinski definition) is 4. The van der Waals surface area contributed by atoms with Crippen LogP contribution in [0.25, 0.3) is 0 Å². The molecule has 0 atom stereocenters. The summed E-state index contributed by atoms with van der Waals surface area (Å²) < 4.78 is 28.1. The molecule has 0 amide bonds. The quantitative estimate of drug-likeness (QED) is 0.825. The molecule has 0 unspecified atom stereocenters. The Morgan fingerprint density at radius 2 is 2.10 bits per heavy atom. The number of nitrogens with one attached hydrogen (secondary N) is 1. The van der Waals surface area contributed by atoms with E-state index in [1.165, 1.54) is 18.5 Å².